The quantitative estimate of drug-likeness (QED) is 0.389. The number of carbonyl (C=O) groups excluding carboxylic acids is 2. The number of nitrogens with one attached hydrogen (secondary N) is 2. The molecule has 2 unspecified atom stereocenters. The molecule has 5 N–H and O–H groups in total. The molecule has 0 saturated heterocycles. The van der Waals surface area contributed by atoms with Gasteiger partial charge in [-0.25, -0.2) is 9.59 Å². The Bertz CT molecular complexity index is 354. The molecule has 122 valence electrons. The van der Waals surface area contributed by atoms with Gasteiger partial charge in [0.2, 0.25) is 5.91 Å². The molecule has 0 aromatic heterocycles. The molecule has 0 fully saturated rings. The molecular formula is C12H23N3O5S. The van der Waals surface area contributed by atoms with E-state index < -0.39 is 30.0 Å². The smallest absolute Gasteiger partial charge is 0.326 e. The number of amides is 3. The van der Waals surface area contributed by atoms with Gasteiger partial charge in [-0.1, -0.05) is 0 Å². The van der Waals surface area contributed by atoms with Gasteiger partial charge in [0.15, 0.2) is 0 Å². The second kappa shape index (κ2) is 11.2. The van der Waals surface area contributed by atoms with Crippen molar-refractivity contribution in [1.29, 1.82) is 0 Å². The fourth-order valence-electron chi connectivity index (χ4n) is 1.64. The predicted octanol–water partition coefficient (Wildman–Crippen LogP) is -0.228. The molecule has 21 heavy (non-hydrogen) atoms. The van der Waals surface area contributed by atoms with Gasteiger partial charge in [0.1, 0.15) is 12.1 Å². The lowest BCUT2D eigenvalue weighted by Crippen LogP contribution is -2.52. The number of urea groups is 1. The molecule has 0 rings (SSSR count). The van der Waals surface area contributed by atoms with Gasteiger partial charge in [0, 0.05) is 13.7 Å². The summed E-state index contributed by atoms with van der Waals surface area (Å²) >= 11 is 1.51. The van der Waals surface area contributed by atoms with Crippen molar-refractivity contribution in [3.63, 3.8) is 0 Å². The number of hydrogen-bond donors (Lipinski definition) is 4. The number of hydrogen-bond acceptors (Lipinski definition) is 5. The molecule has 0 aliphatic heterocycles. The largest absolute Gasteiger partial charge is 0.480 e. The van der Waals surface area contributed by atoms with Crippen molar-refractivity contribution in [2.24, 2.45) is 5.73 Å². The monoisotopic (exact) mass is 321 g/mol. The molecule has 0 saturated carbocycles. The van der Waals surface area contributed by atoms with Crippen molar-refractivity contribution >= 4 is 29.7 Å². The van der Waals surface area contributed by atoms with Gasteiger partial charge < -0.3 is 26.2 Å². The molecule has 2 atom stereocenters. The number of thioether (sulfide) groups is 1. The van der Waals surface area contributed by atoms with E-state index in [0.29, 0.717) is 25.2 Å². The molecule has 0 aromatic carbocycles. The maximum Gasteiger partial charge on any atom is 0.326 e. The topological polar surface area (TPSA) is 131 Å². The second-order valence-corrected chi connectivity index (χ2v) is 5.36. The van der Waals surface area contributed by atoms with Crippen molar-refractivity contribution in [3.05, 3.63) is 0 Å². The SMILES string of the molecule is COCCCC(NC(=O)C(CCSC)NC(N)=O)C(=O)O. The minimum Gasteiger partial charge on any atom is -0.480 e. The summed E-state index contributed by atoms with van der Waals surface area (Å²) in [5.74, 6) is -1.03. The molecule has 0 aliphatic carbocycles. The van der Waals surface area contributed by atoms with Crippen LogP contribution in [0.2, 0.25) is 0 Å². The van der Waals surface area contributed by atoms with Crippen LogP contribution in [0.1, 0.15) is 19.3 Å². The van der Waals surface area contributed by atoms with Crippen LogP contribution in [0, 0.1) is 0 Å². The highest BCUT2D eigenvalue weighted by Gasteiger charge is 2.25. The zero-order chi connectivity index (χ0) is 16.3. The summed E-state index contributed by atoms with van der Waals surface area (Å²) in [5, 5.41) is 13.8. The number of primary amides is 1. The van der Waals surface area contributed by atoms with Crippen molar-refractivity contribution in [3.8, 4) is 0 Å². The van der Waals surface area contributed by atoms with E-state index in [0.717, 1.165) is 0 Å². The first-order valence-corrected chi connectivity index (χ1v) is 7.88. The minimum absolute atomic E-state index is 0.251. The zero-order valence-electron chi connectivity index (χ0n) is 12.3. The molecule has 3 amide bonds. The van der Waals surface area contributed by atoms with Crippen LogP contribution in [-0.2, 0) is 14.3 Å². The molecule has 0 heterocycles. The Morgan fingerprint density at radius 3 is 2.38 bits per heavy atom. The van der Waals surface area contributed by atoms with Crippen LogP contribution >= 0.6 is 11.8 Å². The average molecular weight is 321 g/mol. The van der Waals surface area contributed by atoms with Crippen LogP contribution < -0.4 is 16.4 Å². The van der Waals surface area contributed by atoms with Gasteiger partial charge in [-0.15, -0.1) is 0 Å². The van der Waals surface area contributed by atoms with E-state index in [4.69, 9.17) is 15.6 Å². The first-order valence-electron chi connectivity index (χ1n) is 6.49. The van der Waals surface area contributed by atoms with Crippen molar-refractivity contribution in [2.45, 2.75) is 31.3 Å². The van der Waals surface area contributed by atoms with E-state index in [-0.39, 0.29) is 6.42 Å². The second-order valence-electron chi connectivity index (χ2n) is 4.38. The number of aliphatic carboxylic acids is 1. The first kappa shape index (κ1) is 19.5. The number of rotatable bonds is 11. The lowest BCUT2D eigenvalue weighted by molar-refractivity contribution is -0.142. The van der Waals surface area contributed by atoms with E-state index in [1.165, 1.54) is 18.9 Å². The number of carbonyl (C=O) groups is 3. The van der Waals surface area contributed by atoms with E-state index in [2.05, 4.69) is 10.6 Å². The third kappa shape index (κ3) is 9.14. The first-order chi connectivity index (χ1) is 9.92. The Labute approximate surface area is 128 Å². The molecule has 0 spiro atoms. The highest BCUT2D eigenvalue weighted by Crippen LogP contribution is 2.04. The third-order valence-corrected chi connectivity index (χ3v) is 3.34. The maximum absolute atomic E-state index is 12.0. The Morgan fingerprint density at radius 2 is 1.90 bits per heavy atom. The third-order valence-electron chi connectivity index (χ3n) is 2.70. The standard InChI is InChI=1S/C12H23N3O5S/c1-20-6-3-4-9(11(17)18)14-10(16)8(5-7-21-2)15-12(13)19/h8-9H,3-7H2,1-2H3,(H,14,16)(H,17,18)(H3,13,15,19). The fraction of sp³-hybridized carbons (Fsp3) is 0.750. The lowest BCUT2D eigenvalue weighted by Gasteiger charge is -2.20. The molecule has 9 heteroatoms. The average Bonchev–Trinajstić information content (AvgIpc) is 2.41. The Morgan fingerprint density at radius 1 is 1.24 bits per heavy atom. The van der Waals surface area contributed by atoms with E-state index in [9.17, 15) is 14.4 Å². The van der Waals surface area contributed by atoms with Crippen LogP contribution in [0.15, 0.2) is 0 Å². The maximum atomic E-state index is 12.0. The van der Waals surface area contributed by atoms with Gasteiger partial charge in [0.05, 0.1) is 0 Å². The molecule has 0 aromatic rings. The number of nitrogens with two attached hydrogens (primary N) is 1. The highest BCUT2D eigenvalue weighted by atomic mass is 32.2. The van der Waals surface area contributed by atoms with Gasteiger partial charge in [-0.3, -0.25) is 4.79 Å². The minimum atomic E-state index is -1.12. The van der Waals surface area contributed by atoms with Crippen LogP contribution in [0.25, 0.3) is 0 Å². The van der Waals surface area contributed by atoms with E-state index in [1.54, 1.807) is 0 Å². The fourth-order valence-corrected chi connectivity index (χ4v) is 2.11. The summed E-state index contributed by atoms with van der Waals surface area (Å²) in [6.07, 6.45) is 3.00. The van der Waals surface area contributed by atoms with Crippen LogP contribution in [0.5, 0.6) is 0 Å². The normalized spacial score (nSPS) is 13.2. The molecule has 8 nitrogen and oxygen atoms in total. The molecule has 0 radical (unpaired) electrons. The number of methoxy groups -OCH3 is 1. The molecule has 0 aliphatic rings. The summed E-state index contributed by atoms with van der Waals surface area (Å²) in [6.45, 7) is 0.412. The summed E-state index contributed by atoms with van der Waals surface area (Å²) in [6, 6.07) is -2.67. The Hall–Kier alpha value is -1.48. The number of carboxylic acid groups (broad SMARTS) is 1. The van der Waals surface area contributed by atoms with Crippen molar-refractivity contribution in [1.82, 2.24) is 10.6 Å². The van der Waals surface area contributed by atoms with Gasteiger partial charge in [0.25, 0.3) is 0 Å². The van der Waals surface area contributed by atoms with Gasteiger partial charge in [-0.2, -0.15) is 11.8 Å². The summed E-state index contributed by atoms with van der Waals surface area (Å²) in [7, 11) is 1.52. The number of ether oxygens (including phenoxy) is 1. The van der Waals surface area contributed by atoms with Gasteiger partial charge >= 0.3 is 12.0 Å². The summed E-state index contributed by atoms with van der Waals surface area (Å²) < 4.78 is 4.85. The van der Waals surface area contributed by atoms with Crippen LogP contribution in [-0.4, -0.2) is 60.8 Å². The molecule has 0 bridgehead atoms. The molecular weight excluding hydrogens is 298 g/mol. The van der Waals surface area contributed by atoms with E-state index >= 15 is 0 Å². The van der Waals surface area contributed by atoms with Crippen molar-refractivity contribution < 1.29 is 24.2 Å². The van der Waals surface area contributed by atoms with Crippen LogP contribution in [0.3, 0.4) is 0 Å². The highest BCUT2D eigenvalue weighted by molar-refractivity contribution is 7.98. The predicted molar refractivity (Wildman–Crippen MR) is 80.2 cm³/mol. The summed E-state index contributed by atoms with van der Waals surface area (Å²) in [4.78, 5) is 34.1. The van der Waals surface area contributed by atoms with Crippen molar-refractivity contribution in [2.75, 3.05) is 25.7 Å². The van der Waals surface area contributed by atoms with Crippen LogP contribution in [0.4, 0.5) is 4.79 Å². The lowest BCUT2D eigenvalue weighted by atomic mass is 10.1. The zero-order valence-corrected chi connectivity index (χ0v) is 13.1. The Balaban J connectivity index is 4.57. The van der Waals surface area contributed by atoms with E-state index in [1.807, 2.05) is 6.26 Å². The number of carboxylic acids is 1. The van der Waals surface area contributed by atoms with Gasteiger partial charge in [-0.05, 0) is 31.3 Å². The summed E-state index contributed by atoms with van der Waals surface area (Å²) in [5.41, 5.74) is 5.02. The Kier molecular flexibility index (Phi) is 10.4.